The van der Waals surface area contributed by atoms with Crippen LogP contribution in [-0.2, 0) is 17.1 Å². The minimum absolute atomic E-state index is 0. The van der Waals surface area contributed by atoms with Crippen LogP contribution in [0.5, 0.6) is 0 Å². The molecule has 0 saturated heterocycles. The van der Waals surface area contributed by atoms with Crippen LogP contribution in [0.15, 0.2) is 54.6 Å². The van der Waals surface area contributed by atoms with Crippen LogP contribution in [0.4, 0.5) is 0 Å². The van der Waals surface area contributed by atoms with Gasteiger partial charge in [0.05, 0.1) is 0 Å². The topological polar surface area (TPSA) is 47.0 Å². The van der Waals surface area contributed by atoms with Gasteiger partial charge >= 0.3 is 17.1 Å². The maximum atomic E-state index is 10.8. The van der Waals surface area contributed by atoms with Crippen molar-refractivity contribution in [3.8, 4) is 0 Å². The second kappa shape index (κ2) is 14.1. The van der Waals surface area contributed by atoms with Crippen molar-refractivity contribution < 1.29 is 26.7 Å². The number of Topliss-reactive ketones (excluding diaryl/α,β-unsaturated/α-hetero) is 2. The first-order valence-electron chi connectivity index (χ1n) is 8.47. The number of rotatable bonds is 2. The van der Waals surface area contributed by atoms with Crippen molar-refractivity contribution in [2.75, 3.05) is 0 Å². The molecule has 0 radical (unpaired) electrons. The van der Waals surface area contributed by atoms with Gasteiger partial charge in [0.15, 0.2) is 11.6 Å². The van der Waals surface area contributed by atoms with E-state index in [9.17, 15) is 9.59 Å². The molecule has 0 aliphatic heterocycles. The molecule has 0 fully saturated rings. The Labute approximate surface area is 192 Å². The Bertz CT molecular complexity index is 838. The molecule has 0 atom stereocenters. The zero-order valence-electron chi connectivity index (χ0n) is 16.6. The molecule has 0 aliphatic carbocycles. The van der Waals surface area contributed by atoms with Crippen LogP contribution in [0.3, 0.4) is 0 Å². The second-order valence-electron chi connectivity index (χ2n) is 5.88. The third-order valence-corrected chi connectivity index (χ3v) is 3.72. The number of hydrogen-bond donors (Lipinski definition) is 0. The summed E-state index contributed by atoms with van der Waals surface area (Å²) in [5, 5.41) is 1.37. The quantitative estimate of drug-likeness (QED) is 0.248. The number of pyridine rings is 1. The average Bonchev–Trinajstić information content (AvgIpc) is 2.62. The first kappa shape index (κ1) is 27.0. The van der Waals surface area contributed by atoms with Crippen LogP contribution in [0.1, 0.15) is 46.0 Å². The third kappa shape index (κ3) is 11.6. The van der Waals surface area contributed by atoms with Crippen molar-refractivity contribution in [3.63, 3.8) is 0 Å². The number of ketones is 2. The molecule has 1 aromatic heterocycles. The predicted molar refractivity (Wildman–Crippen MR) is 114 cm³/mol. The van der Waals surface area contributed by atoms with Crippen molar-refractivity contribution in [1.29, 1.82) is 0 Å². The van der Waals surface area contributed by atoms with E-state index >= 15 is 0 Å². The summed E-state index contributed by atoms with van der Waals surface area (Å²) in [7, 11) is 0. The summed E-state index contributed by atoms with van der Waals surface area (Å²) in [5.41, 5.74) is 2.83. The van der Waals surface area contributed by atoms with Crippen molar-refractivity contribution in [3.05, 3.63) is 99.3 Å². The third-order valence-electron chi connectivity index (χ3n) is 3.28. The predicted octanol–water partition coefficient (Wildman–Crippen LogP) is 6.38. The Hall–Kier alpha value is -1.97. The van der Waals surface area contributed by atoms with E-state index in [1.165, 1.54) is 13.8 Å². The minimum atomic E-state index is -0.127. The number of nitrogens with zero attached hydrogens (tertiary/aromatic N) is 1. The molecule has 1 heterocycles. The van der Waals surface area contributed by atoms with Gasteiger partial charge in [0.25, 0.3) is 0 Å². The van der Waals surface area contributed by atoms with Crippen molar-refractivity contribution in [1.82, 2.24) is 4.98 Å². The van der Waals surface area contributed by atoms with Crippen LogP contribution >= 0.6 is 23.2 Å². The van der Waals surface area contributed by atoms with Crippen LogP contribution < -0.4 is 0 Å². The molecule has 0 unspecified atom stereocenters. The smallest absolute Gasteiger partial charge is 0.293 e. The van der Waals surface area contributed by atoms with E-state index in [4.69, 9.17) is 23.2 Å². The van der Waals surface area contributed by atoms with Gasteiger partial charge in [-0.15, -0.1) is 23.2 Å². The molecule has 3 nitrogen and oxygen atoms in total. The van der Waals surface area contributed by atoms with E-state index in [1.807, 2.05) is 50.2 Å². The molecule has 0 bridgehead atoms. The molecule has 0 amide bonds. The summed E-state index contributed by atoms with van der Waals surface area (Å²) < 4.78 is 0. The zero-order valence-corrected chi connectivity index (χ0v) is 19.2. The molecule has 0 spiro atoms. The summed E-state index contributed by atoms with van der Waals surface area (Å²) in [6, 6.07) is 22.1. The molecule has 2 aromatic carbocycles. The first-order valence-corrected chi connectivity index (χ1v) is 9.22. The Morgan fingerprint density at radius 1 is 0.724 bits per heavy atom. The monoisotopic (exact) mass is 469 g/mol. The van der Waals surface area contributed by atoms with Crippen molar-refractivity contribution in [2.45, 2.75) is 27.7 Å². The largest absolute Gasteiger partial charge is 2.00 e. The zero-order chi connectivity index (χ0) is 21.1. The standard InChI is InChI=1S/C9H9NO2.2C7H6Cl.Fe/c1-6(11)8-4-3-5-9(10-8)7(2)12;2*1-6-3-2-4-7(8)5-6;/h3-5H,1-2H3;2*2-4H,1H3;/q;2*-1;+2. The summed E-state index contributed by atoms with van der Waals surface area (Å²) in [5.74, 6) is -0.254. The Morgan fingerprint density at radius 3 is 1.31 bits per heavy atom. The summed E-state index contributed by atoms with van der Waals surface area (Å²) in [4.78, 5) is 25.6. The normalized spacial score (nSPS) is 9.03. The number of hydrogen-bond acceptors (Lipinski definition) is 3. The Kier molecular flexibility index (Phi) is 13.1. The van der Waals surface area contributed by atoms with Gasteiger partial charge in [0, 0.05) is 13.8 Å². The van der Waals surface area contributed by atoms with Gasteiger partial charge in [-0.2, -0.15) is 59.7 Å². The maximum absolute atomic E-state index is 10.8. The Morgan fingerprint density at radius 2 is 1.07 bits per heavy atom. The molecule has 29 heavy (non-hydrogen) atoms. The fourth-order valence-corrected chi connectivity index (χ4v) is 2.37. The Balaban J connectivity index is 0.000000411. The van der Waals surface area contributed by atoms with Crippen LogP contribution in [0, 0.1) is 26.0 Å². The maximum Gasteiger partial charge on any atom is 2.00 e. The molecular weight excluding hydrogens is 449 g/mol. The van der Waals surface area contributed by atoms with E-state index in [0.717, 1.165) is 11.1 Å². The number of carbonyl (C=O) groups is 2. The first-order chi connectivity index (χ1) is 13.2. The van der Waals surface area contributed by atoms with Gasteiger partial charge in [0.2, 0.25) is 0 Å². The number of benzene rings is 2. The fraction of sp³-hybridized carbons (Fsp3) is 0.174. The minimum Gasteiger partial charge on any atom is -0.293 e. The van der Waals surface area contributed by atoms with E-state index < -0.39 is 0 Å². The van der Waals surface area contributed by atoms with Crippen LogP contribution in [0.25, 0.3) is 0 Å². The molecule has 3 aromatic rings. The summed E-state index contributed by atoms with van der Waals surface area (Å²) in [6.45, 7) is 6.77. The van der Waals surface area contributed by atoms with Crippen molar-refractivity contribution >= 4 is 34.8 Å². The SMILES string of the molecule is CC(=O)c1cccc(C(C)=O)n1.Cc1[c-]c(Cl)ccc1.Cc1[c-]c(Cl)ccc1.[Fe+2]. The van der Waals surface area contributed by atoms with Crippen LogP contribution in [0.2, 0.25) is 10.0 Å². The molecule has 0 aliphatic rings. The second-order valence-corrected chi connectivity index (χ2v) is 6.70. The molecular formula is C23H21Cl2FeNO2. The number of aryl methyl sites for hydroxylation is 2. The van der Waals surface area contributed by atoms with Gasteiger partial charge in [-0.05, 0) is 12.1 Å². The molecule has 3 rings (SSSR count). The fourth-order valence-electron chi connectivity index (χ4n) is 1.92. The summed E-state index contributed by atoms with van der Waals surface area (Å²) in [6.07, 6.45) is 0. The summed E-state index contributed by atoms with van der Waals surface area (Å²) >= 11 is 11.2. The van der Waals surface area contributed by atoms with Gasteiger partial charge in [-0.25, -0.2) is 4.98 Å². The van der Waals surface area contributed by atoms with Crippen LogP contribution in [-0.4, -0.2) is 16.6 Å². The van der Waals surface area contributed by atoms with E-state index in [1.54, 1.807) is 18.2 Å². The van der Waals surface area contributed by atoms with E-state index in [-0.39, 0.29) is 28.6 Å². The van der Waals surface area contributed by atoms with E-state index in [0.29, 0.717) is 21.4 Å². The number of halogens is 2. The van der Waals surface area contributed by atoms with Crippen molar-refractivity contribution in [2.24, 2.45) is 0 Å². The molecule has 0 N–H and O–H groups in total. The molecule has 6 heteroatoms. The molecule has 0 saturated carbocycles. The number of carbonyl (C=O) groups excluding carboxylic acids is 2. The van der Waals surface area contributed by atoms with Gasteiger partial charge in [-0.1, -0.05) is 30.0 Å². The van der Waals surface area contributed by atoms with Gasteiger partial charge < -0.3 is 0 Å². The molecule has 152 valence electrons. The average molecular weight is 470 g/mol. The van der Waals surface area contributed by atoms with Gasteiger partial charge in [-0.3, -0.25) is 9.59 Å². The number of aromatic nitrogens is 1. The van der Waals surface area contributed by atoms with E-state index in [2.05, 4.69) is 17.1 Å². The van der Waals surface area contributed by atoms with Gasteiger partial charge in [0.1, 0.15) is 11.4 Å².